The molecular formula is C13H17FO3. The smallest absolute Gasteiger partial charge is 0.335 e. The molecule has 0 radical (unpaired) electrons. The zero-order valence-corrected chi connectivity index (χ0v) is 10.1. The molecule has 0 unspecified atom stereocenters. The topological polar surface area (TPSA) is 46.5 Å². The van der Waals surface area contributed by atoms with Gasteiger partial charge >= 0.3 is 5.97 Å². The summed E-state index contributed by atoms with van der Waals surface area (Å²) in [6.07, 6.45) is 1.97. The van der Waals surface area contributed by atoms with Crippen molar-refractivity contribution in [3.05, 3.63) is 29.6 Å². The van der Waals surface area contributed by atoms with Crippen LogP contribution in [-0.2, 0) is 0 Å². The van der Waals surface area contributed by atoms with Gasteiger partial charge in [-0.25, -0.2) is 9.18 Å². The molecule has 0 heterocycles. The SMILES string of the molecule is CCC(CC)COc1cc(F)cc(C(=O)O)c1. The summed E-state index contributed by atoms with van der Waals surface area (Å²) in [4.78, 5) is 10.7. The number of carboxylic acid groups (broad SMARTS) is 1. The fourth-order valence-corrected chi connectivity index (χ4v) is 1.51. The molecule has 94 valence electrons. The Balaban J connectivity index is 2.74. The van der Waals surface area contributed by atoms with Crippen molar-refractivity contribution in [1.82, 2.24) is 0 Å². The zero-order valence-electron chi connectivity index (χ0n) is 10.1. The molecule has 0 aliphatic rings. The molecule has 3 nitrogen and oxygen atoms in total. The molecule has 0 aliphatic carbocycles. The Hall–Kier alpha value is -1.58. The van der Waals surface area contributed by atoms with Gasteiger partial charge < -0.3 is 9.84 Å². The van der Waals surface area contributed by atoms with Gasteiger partial charge in [-0.05, 0) is 18.1 Å². The van der Waals surface area contributed by atoms with Crippen LogP contribution in [0.3, 0.4) is 0 Å². The van der Waals surface area contributed by atoms with Crippen molar-refractivity contribution in [3.63, 3.8) is 0 Å². The average Bonchev–Trinajstić information content (AvgIpc) is 2.29. The molecule has 0 fully saturated rings. The van der Waals surface area contributed by atoms with Crippen LogP contribution in [-0.4, -0.2) is 17.7 Å². The van der Waals surface area contributed by atoms with Crippen molar-refractivity contribution in [2.45, 2.75) is 26.7 Å². The molecule has 1 aromatic rings. The number of rotatable bonds is 6. The molecule has 0 spiro atoms. The monoisotopic (exact) mass is 240 g/mol. The summed E-state index contributed by atoms with van der Waals surface area (Å²) >= 11 is 0. The predicted molar refractivity (Wildman–Crippen MR) is 62.9 cm³/mol. The van der Waals surface area contributed by atoms with Gasteiger partial charge in [0, 0.05) is 6.07 Å². The van der Waals surface area contributed by atoms with E-state index in [0.717, 1.165) is 18.9 Å². The fourth-order valence-electron chi connectivity index (χ4n) is 1.51. The third-order valence-electron chi connectivity index (χ3n) is 2.76. The molecule has 0 aliphatic heterocycles. The summed E-state index contributed by atoms with van der Waals surface area (Å²) < 4.78 is 18.6. The van der Waals surface area contributed by atoms with Crippen LogP contribution in [0.25, 0.3) is 0 Å². The number of halogens is 1. The first kappa shape index (κ1) is 13.5. The Labute approximate surface area is 100 Å². The normalized spacial score (nSPS) is 10.6. The molecule has 1 N–H and O–H groups in total. The second kappa shape index (κ2) is 6.23. The van der Waals surface area contributed by atoms with E-state index in [2.05, 4.69) is 13.8 Å². The Kier molecular flexibility index (Phi) is 4.94. The molecule has 4 heteroatoms. The highest BCUT2D eigenvalue weighted by molar-refractivity contribution is 5.88. The minimum absolute atomic E-state index is 0.0930. The van der Waals surface area contributed by atoms with Crippen molar-refractivity contribution in [2.24, 2.45) is 5.92 Å². The maximum Gasteiger partial charge on any atom is 0.335 e. The second-order valence-electron chi connectivity index (χ2n) is 3.97. The van der Waals surface area contributed by atoms with E-state index in [1.54, 1.807) is 0 Å². The van der Waals surface area contributed by atoms with Crippen molar-refractivity contribution in [1.29, 1.82) is 0 Å². The van der Waals surface area contributed by atoms with Gasteiger partial charge in [-0.15, -0.1) is 0 Å². The number of carboxylic acids is 1. The van der Waals surface area contributed by atoms with Gasteiger partial charge in [0.25, 0.3) is 0 Å². The van der Waals surface area contributed by atoms with Gasteiger partial charge in [-0.1, -0.05) is 26.7 Å². The number of hydrogen-bond acceptors (Lipinski definition) is 2. The third kappa shape index (κ3) is 4.06. The fraction of sp³-hybridized carbons (Fsp3) is 0.462. The minimum Gasteiger partial charge on any atom is -0.493 e. The van der Waals surface area contributed by atoms with Crippen molar-refractivity contribution in [3.8, 4) is 5.75 Å². The van der Waals surface area contributed by atoms with Gasteiger partial charge in [-0.3, -0.25) is 0 Å². The molecule has 0 atom stereocenters. The van der Waals surface area contributed by atoms with E-state index in [0.29, 0.717) is 12.5 Å². The molecule has 0 bridgehead atoms. The Bertz CT molecular complexity index is 386. The van der Waals surface area contributed by atoms with Gasteiger partial charge in [0.1, 0.15) is 11.6 Å². The van der Waals surface area contributed by atoms with Gasteiger partial charge in [0.2, 0.25) is 0 Å². The Morgan fingerprint density at radius 2 is 2.00 bits per heavy atom. The zero-order chi connectivity index (χ0) is 12.8. The summed E-state index contributed by atoms with van der Waals surface area (Å²) in [5, 5.41) is 8.78. The summed E-state index contributed by atoms with van der Waals surface area (Å²) in [5.41, 5.74) is -0.0930. The van der Waals surface area contributed by atoms with Crippen molar-refractivity contribution >= 4 is 5.97 Å². The third-order valence-corrected chi connectivity index (χ3v) is 2.76. The van der Waals surface area contributed by atoms with E-state index in [1.165, 1.54) is 12.1 Å². The maximum atomic E-state index is 13.1. The van der Waals surface area contributed by atoms with Crippen LogP contribution in [0, 0.1) is 11.7 Å². The van der Waals surface area contributed by atoms with Crippen LogP contribution >= 0.6 is 0 Å². The standard InChI is InChI=1S/C13H17FO3/c1-3-9(4-2)8-17-12-6-10(13(15)16)5-11(14)7-12/h5-7,9H,3-4,8H2,1-2H3,(H,15,16). The van der Waals surface area contributed by atoms with Crippen LogP contribution in [0.2, 0.25) is 0 Å². The minimum atomic E-state index is -1.16. The van der Waals surface area contributed by atoms with E-state index in [9.17, 15) is 9.18 Å². The highest BCUT2D eigenvalue weighted by atomic mass is 19.1. The number of hydrogen-bond donors (Lipinski definition) is 1. The lowest BCUT2D eigenvalue weighted by molar-refractivity contribution is 0.0695. The molecule has 1 aromatic carbocycles. The van der Waals surface area contributed by atoms with Crippen molar-refractivity contribution in [2.75, 3.05) is 6.61 Å². The summed E-state index contributed by atoms with van der Waals surface area (Å²) in [5.74, 6) is -1.07. The number of carbonyl (C=O) groups is 1. The van der Waals surface area contributed by atoms with E-state index in [1.807, 2.05) is 0 Å². The molecule has 17 heavy (non-hydrogen) atoms. The molecule has 0 amide bonds. The lowest BCUT2D eigenvalue weighted by Crippen LogP contribution is -2.10. The largest absolute Gasteiger partial charge is 0.493 e. The molecule has 0 saturated carbocycles. The summed E-state index contributed by atoms with van der Waals surface area (Å²) in [6, 6.07) is 3.52. The first-order valence-electron chi connectivity index (χ1n) is 5.73. The summed E-state index contributed by atoms with van der Waals surface area (Å²) in [6.45, 7) is 4.60. The summed E-state index contributed by atoms with van der Waals surface area (Å²) in [7, 11) is 0. The molecular weight excluding hydrogens is 223 g/mol. The predicted octanol–water partition coefficient (Wildman–Crippen LogP) is 3.34. The first-order chi connectivity index (χ1) is 8.06. The van der Waals surface area contributed by atoms with E-state index in [4.69, 9.17) is 9.84 Å². The van der Waals surface area contributed by atoms with Crippen LogP contribution in [0.15, 0.2) is 18.2 Å². The Morgan fingerprint density at radius 1 is 1.35 bits per heavy atom. The highest BCUT2D eigenvalue weighted by Crippen LogP contribution is 2.18. The highest BCUT2D eigenvalue weighted by Gasteiger charge is 2.09. The van der Waals surface area contributed by atoms with Crippen LogP contribution in [0.5, 0.6) is 5.75 Å². The molecule has 0 saturated heterocycles. The van der Waals surface area contributed by atoms with Crippen LogP contribution < -0.4 is 4.74 Å². The van der Waals surface area contributed by atoms with Gasteiger partial charge in [0.05, 0.1) is 12.2 Å². The quantitative estimate of drug-likeness (QED) is 0.829. The lowest BCUT2D eigenvalue weighted by Gasteiger charge is -2.14. The molecule has 1 rings (SSSR count). The van der Waals surface area contributed by atoms with E-state index >= 15 is 0 Å². The van der Waals surface area contributed by atoms with Crippen molar-refractivity contribution < 1.29 is 19.0 Å². The second-order valence-corrected chi connectivity index (χ2v) is 3.97. The lowest BCUT2D eigenvalue weighted by atomic mass is 10.1. The number of ether oxygens (including phenoxy) is 1. The van der Waals surface area contributed by atoms with E-state index in [-0.39, 0.29) is 11.3 Å². The average molecular weight is 240 g/mol. The first-order valence-corrected chi connectivity index (χ1v) is 5.73. The number of aromatic carboxylic acids is 1. The van der Waals surface area contributed by atoms with Gasteiger partial charge in [-0.2, -0.15) is 0 Å². The van der Waals surface area contributed by atoms with E-state index < -0.39 is 11.8 Å². The van der Waals surface area contributed by atoms with Crippen LogP contribution in [0.1, 0.15) is 37.0 Å². The van der Waals surface area contributed by atoms with Gasteiger partial charge in [0.15, 0.2) is 0 Å². The van der Waals surface area contributed by atoms with Crippen LogP contribution in [0.4, 0.5) is 4.39 Å². The Morgan fingerprint density at radius 3 is 2.53 bits per heavy atom. The number of benzene rings is 1. The maximum absolute atomic E-state index is 13.1. The molecule has 0 aromatic heterocycles.